The minimum atomic E-state index is -0.768. The van der Waals surface area contributed by atoms with Crippen LogP contribution in [0.15, 0.2) is 42.5 Å². The molecule has 1 atom stereocenters. The highest BCUT2D eigenvalue weighted by Crippen LogP contribution is 2.48. The minimum Gasteiger partial charge on any atom is -0.493 e. The molecule has 1 saturated heterocycles. The predicted octanol–water partition coefficient (Wildman–Crippen LogP) is 3.31. The van der Waals surface area contributed by atoms with E-state index in [2.05, 4.69) is 12.1 Å². The third-order valence-electron chi connectivity index (χ3n) is 6.84. The number of ether oxygens (including phenoxy) is 2. The van der Waals surface area contributed by atoms with Gasteiger partial charge in [0.05, 0.1) is 32.8 Å². The molecule has 6 nitrogen and oxygen atoms in total. The van der Waals surface area contributed by atoms with Crippen LogP contribution in [0.2, 0.25) is 0 Å². The number of methoxy groups -OCH3 is 2. The Balaban J connectivity index is 1.39. The highest BCUT2D eigenvalue weighted by Gasteiger charge is 2.51. The third-order valence-corrected chi connectivity index (χ3v) is 6.84. The number of carbonyl (C=O) groups excluding carboxylic acids is 1. The molecule has 2 aromatic carbocycles. The first-order valence-corrected chi connectivity index (χ1v) is 10.9. The van der Waals surface area contributed by atoms with E-state index >= 15 is 0 Å². The van der Waals surface area contributed by atoms with Gasteiger partial charge < -0.3 is 14.6 Å². The van der Waals surface area contributed by atoms with Crippen molar-refractivity contribution in [2.75, 3.05) is 40.5 Å². The van der Waals surface area contributed by atoms with Crippen LogP contribution in [0.4, 0.5) is 0 Å². The molecule has 1 aliphatic heterocycles. The molecule has 1 heterocycles. The molecule has 1 N–H and O–H groups in total. The Morgan fingerprint density at radius 1 is 1.06 bits per heavy atom. The van der Waals surface area contributed by atoms with Crippen LogP contribution in [0.1, 0.15) is 34.3 Å². The first-order valence-electron chi connectivity index (χ1n) is 10.9. The molecule has 166 valence electrons. The molecule has 0 saturated carbocycles. The van der Waals surface area contributed by atoms with Crippen molar-refractivity contribution in [3.8, 4) is 11.5 Å². The fraction of sp³-hybridized carbons (Fsp3) is 0.480. The molecule has 0 amide bonds. The van der Waals surface area contributed by atoms with Crippen LogP contribution in [-0.4, -0.2) is 56.5 Å². The molecule has 31 heavy (non-hydrogen) atoms. The summed E-state index contributed by atoms with van der Waals surface area (Å²) in [7, 11) is 3.16. The fourth-order valence-electron chi connectivity index (χ4n) is 5.03. The van der Waals surface area contributed by atoms with Crippen LogP contribution < -0.4 is 9.47 Å². The summed E-state index contributed by atoms with van der Waals surface area (Å²) in [5, 5.41) is 12.4. The lowest BCUT2D eigenvalue weighted by Crippen LogP contribution is -2.46. The topological polar surface area (TPSA) is 68.2 Å². The first kappa shape index (κ1) is 21.8. The number of aliphatic hydroxyl groups excluding tert-OH is 1. The van der Waals surface area contributed by atoms with E-state index < -0.39 is 5.41 Å². The number of fused-ring (bicyclic) bond motifs is 1. The molecule has 6 heteroatoms. The first-order chi connectivity index (χ1) is 15.1. The predicted molar refractivity (Wildman–Crippen MR) is 117 cm³/mol. The Morgan fingerprint density at radius 3 is 2.39 bits per heavy atom. The molecule has 1 unspecified atom stereocenters. The van der Waals surface area contributed by atoms with E-state index in [0.717, 1.165) is 37.9 Å². The molecule has 0 radical (unpaired) electrons. The van der Waals surface area contributed by atoms with Crippen LogP contribution in [0.3, 0.4) is 0 Å². The zero-order valence-electron chi connectivity index (χ0n) is 18.3. The van der Waals surface area contributed by atoms with Crippen molar-refractivity contribution in [2.24, 2.45) is 11.3 Å². The maximum absolute atomic E-state index is 13.4. The van der Waals surface area contributed by atoms with Gasteiger partial charge >= 0.3 is 0 Å². The van der Waals surface area contributed by atoms with Crippen molar-refractivity contribution in [3.05, 3.63) is 59.2 Å². The smallest absolute Gasteiger partial charge is 0.172 e. The number of hydroxylamine groups is 2. The van der Waals surface area contributed by atoms with Gasteiger partial charge in [-0.25, -0.2) is 0 Å². The molecule has 0 spiro atoms. The van der Waals surface area contributed by atoms with Gasteiger partial charge in [-0.1, -0.05) is 30.3 Å². The van der Waals surface area contributed by atoms with E-state index in [1.807, 2.05) is 29.3 Å². The second-order valence-corrected chi connectivity index (χ2v) is 8.46. The number of rotatable bonds is 8. The molecule has 4 rings (SSSR count). The summed E-state index contributed by atoms with van der Waals surface area (Å²) in [4.78, 5) is 19.4. The van der Waals surface area contributed by atoms with Gasteiger partial charge in [-0.3, -0.25) is 9.63 Å². The van der Waals surface area contributed by atoms with E-state index in [1.54, 1.807) is 20.3 Å². The lowest BCUT2D eigenvalue weighted by atomic mass is 9.69. The van der Waals surface area contributed by atoms with Crippen LogP contribution >= 0.6 is 0 Å². The average Bonchev–Trinajstić information content (AvgIpc) is 3.11. The van der Waals surface area contributed by atoms with Crippen molar-refractivity contribution in [2.45, 2.75) is 25.7 Å². The summed E-state index contributed by atoms with van der Waals surface area (Å²) in [5.41, 5.74) is 2.07. The van der Waals surface area contributed by atoms with Crippen LogP contribution in [0.5, 0.6) is 11.5 Å². The van der Waals surface area contributed by atoms with Crippen molar-refractivity contribution >= 4 is 5.78 Å². The van der Waals surface area contributed by atoms with Gasteiger partial charge in [-0.05, 0) is 54.9 Å². The number of hydrogen-bond acceptors (Lipinski definition) is 6. The number of hydrogen-bond donors (Lipinski definition) is 1. The van der Waals surface area contributed by atoms with Gasteiger partial charge in [-0.15, -0.1) is 0 Å². The lowest BCUT2D eigenvalue weighted by Gasteiger charge is -2.40. The van der Waals surface area contributed by atoms with E-state index in [4.69, 9.17) is 14.3 Å². The number of carbonyl (C=O) groups is 1. The van der Waals surface area contributed by atoms with Crippen molar-refractivity contribution in [1.29, 1.82) is 0 Å². The maximum atomic E-state index is 13.4. The highest BCUT2D eigenvalue weighted by molar-refractivity contribution is 6.06. The normalized spacial score (nSPS) is 21.8. The number of benzene rings is 2. The molecular weight excluding hydrogens is 394 g/mol. The monoisotopic (exact) mass is 425 g/mol. The Bertz CT molecular complexity index is 908. The van der Waals surface area contributed by atoms with E-state index in [-0.39, 0.29) is 18.3 Å². The largest absolute Gasteiger partial charge is 0.493 e. The van der Waals surface area contributed by atoms with Gasteiger partial charge in [0.2, 0.25) is 0 Å². The van der Waals surface area contributed by atoms with Gasteiger partial charge in [0.1, 0.15) is 0 Å². The van der Waals surface area contributed by atoms with Crippen molar-refractivity contribution in [3.63, 3.8) is 0 Å². The molecular formula is C25H31NO5. The van der Waals surface area contributed by atoms with Crippen LogP contribution in [-0.2, 0) is 17.7 Å². The summed E-state index contributed by atoms with van der Waals surface area (Å²) in [6, 6.07) is 13.9. The summed E-state index contributed by atoms with van der Waals surface area (Å²) in [5.74, 6) is 1.30. The van der Waals surface area contributed by atoms with Gasteiger partial charge in [0, 0.05) is 18.7 Å². The molecule has 1 fully saturated rings. The van der Waals surface area contributed by atoms with Crippen LogP contribution in [0, 0.1) is 11.3 Å². The average molecular weight is 426 g/mol. The van der Waals surface area contributed by atoms with Crippen molar-refractivity contribution in [1.82, 2.24) is 5.06 Å². The summed E-state index contributed by atoms with van der Waals surface area (Å²) in [6.45, 7) is 2.02. The van der Waals surface area contributed by atoms with Crippen molar-refractivity contribution < 1.29 is 24.2 Å². The molecule has 2 aromatic rings. The number of ketones is 1. The third kappa shape index (κ3) is 4.20. The quantitative estimate of drug-likeness (QED) is 0.700. The van der Waals surface area contributed by atoms with Gasteiger partial charge in [-0.2, -0.15) is 5.06 Å². The molecule has 2 aliphatic rings. The second kappa shape index (κ2) is 9.39. The molecule has 0 aromatic heterocycles. The zero-order valence-corrected chi connectivity index (χ0v) is 18.3. The van der Waals surface area contributed by atoms with E-state index in [1.165, 1.54) is 5.56 Å². The number of Topliss-reactive ketones (excluding diaryl/α,β-unsaturated/α-hetero) is 1. The minimum absolute atomic E-state index is 0.0226. The summed E-state index contributed by atoms with van der Waals surface area (Å²) >= 11 is 0. The molecule has 0 bridgehead atoms. The number of nitrogens with zero attached hydrogens (tertiary/aromatic N) is 1. The Morgan fingerprint density at radius 2 is 1.74 bits per heavy atom. The van der Waals surface area contributed by atoms with E-state index in [9.17, 15) is 9.90 Å². The second-order valence-electron chi connectivity index (χ2n) is 8.46. The van der Waals surface area contributed by atoms with Gasteiger partial charge in [0.15, 0.2) is 17.3 Å². The van der Waals surface area contributed by atoms with Gasteiger partial charge in [0.25, 0.3) is 0 Å². The summed E-state index contributed by atoms with van der Waals surface area (Å²) < 4.78 is 10.8. The fourth-order valence-corrected chi connectivity index (χ4v) is 5.03. The number of piperidine rings is 1. The van der Waals surface area contributed by atoms with Crippen LogP contribution in [0.25, 0.3) is 0 Å². The molecule has 1 aliphatic carbocycles. The standard InChI is InChI=1S/C25H31NO5/c1-29-22-14-19-16-25(17-27,24(28)21(19)15-23(22)30-2)20-8-11-26(12-9-20)31-13-10-18-6-4-3-5-7-18/h3-7,14-15,20,27H,8-13,16-17H2,1-2H3. The highest BCUT2D eigenvalue weighted by atomic mass is 16.7. The SMILES string of the molecule is COc1cc2c(cc1OC)C(=O)C(CO)(C1CCN(OCCc3ccccc3)CC1)C2. The summed E-state index contributed by atoms with van der Waals surface area (Å²) in [6.07, 6.45) is 3.05. The Hall–Kier alpha value is -2.41. The Kier molecular flexibility index (Phi) is 6.60. The van der Waals surface area contributed by atoms with E-state index in [0.29, 0.717) is 30.1 Å². The maximum Gasteiger partial charge on any atom is 0.172 e. The Labute approximate surface area is 183 Å². The zero-order chi connectivity index (χ0) is 21.8. The lowest BCUT2D eigenvalue weighted by molar-refractivity contribution is -0.178. The number of aliphatic hydroxyl groups is 1.